The monoisotopic (exact) mass is 237 g/mol. The van der Waals surface area contributed by atoms with E-state index in [1.165, 1.54) is 18.7 Å². The number of nitrogens with zero attached hydrogens (tertiary/aromatic N) is 1. The summed E-state index contributed by atoms with van der Waals surface area (Å²) < 4.78 is 22.3. The van der Waals surface area contributed by atoms with Crippen LogP contribution in [0.4, 0.5) is 0 Å². The lowest BCUT2D eigenvalue weighted by molar-refractivity contribution is -0.137. The second kappa shape index (κ2) is 3.90. The number of sulfone groups is 1. The van der Waals surface area contributed by atoms with E-state index in [-0.39, 0.29) is 0 Å². The summed E-state index contributed by atoms with van der Waals surface area (Å²) in [4.78, 5) is 14.4. The molecule has 0 bridgehead atoms. The van der Waals surface area contributed by atoms with E-state index in [1.807, 2.05) is 0 Å². The highest BCUT2D eigenvalue weighted by Gasteiger charge is 2.30. The number of thioether (sulfide) groups is 1. The third-order valence-electron chi connectivity index (χ3n) is 1.95. The van der Waals surface area contributed by atoms with Gasteiger partial charge in [0, 0.05) is 12.0 Å². The van der Waals surface area contributed by atoms with Gasteiger partial charge in [-0.2, -0.15) is 0 Å². The van der Waals surface area contributed by atoms with E-state index in [2.05, 4.69) is 4.99 Å². The molecule has 2 atom stereocenters. The molecule has 1 rings (SSSR count). The van der Waals surface area contributed by atoms with Gasteiger partial charge in [0.05, 0.1) is 5.04 Å². The summed E-state index contributed by atoms with van der Waals surface area (Å²) in [5.74, 6) is -0.682. The Morgan fingerprint density at radius 2 is 2.29 bits per heavy atom. The number of carboxylic acid groups (broad SMARTS) is 1. The SMILES string of the molecule is CC(C1=NC(C(=O)O)CS1)S(C)(=O)=O. The Kier molecular flexibility index (Phi) is 3.20. The Morgan fingerprint density at radius 1 is 1.71 bits per heavy atom. The van der Waals surface area contributed by atoms with Crippen molar-refractivity contribution in [1.82, 2.24) is 0 Å². The van der Waals surface area contributed by atoms with Crippen molar-refractivity contribution < 1.29 is 18.3 Å². The summed E-state index contributed by atoms with van der Waals surface area (Å²) in [5, 5.41) is 8.35. The lowest BCUT2D eigenvalue weighted by Crippen LogP contribution is -2.23. The molecule has 0 aromatic carbocycles. The normalized spacial score (nSPS) is 24.4. The zero-order chi connectivity index (χ0) is 10.9. The molecule has 5 nitrogen and oxygen atoms in total. The zero-order valence-corrected chi connectivity index (χ0v) is 9.43. The molecular weight excluding hydrogens is 226 g/mol. The van der Waals surface area contributed by atoms with Crippen molar-refractivity contribution in [3.8, 4) is 0 Å². The first kappa shape index (κ1) is 11.5. The molecule has 0 aliphatic carbocycles. The average Bonchev–Trinajstić information content (AvgIpc) is 2.48. The van der Waals surface area contributed by atoms with Crippen molar-refractivity contribution in [3.63, 3.8) is 0 Å². The van der Waals surface area contributed by atoms with Crippen molar-refractivity contribution in [2.45, 2.75) is 18.2 Å². The van der Waals surface area contributed by atoms with E-state index in [0.29, 0.717) is 10.8 Å². The maximum absolute atomic E-state index is 11.2. The van der Waals surface area contributed by atoms with Crippen LogP contribution in [0.3, 0.4) is 0 Å². The van der Waals surface area contributed by atoms with Gasteiger partial charge >= 0.3 is 5.97 Å². The largest absolute Gasteiger partial charge is 0.480 e. The molecule has 0 amide bonds. The minimum absolute atomic E-state index is 0.324. The lowest BCUT2D eigenvalue weighted by Gasteiger charge is -2.06. The molecule has 1 N–H and O–H groups in total. The van der Waals surface area contributed by atoms with Gasteiger partial charge < -0.3 is 5.11 Å². The molecule has 1 heterocycles. The number of hydrogen-bond donors (Lipinski definition) is 1. The van der Waals surface area contributed by atoms with Crippen LogP contribution in [0.15, 0.2) is 4.99 Å². The van der Waals surface area contributed by atoms with Gasteiger partial charge in [0.15, 0.2) is 15.9 Å². The molecule has 0 saturated carbocycles. The van der Waals surface area contributed by atoms with Gasteiger partial charge in [-0.25, -0.2) is 13.2 Å². The summed E-state index contributed by atoms with van der Waals surface area (Å²) >= 11 is 1.20. The zero-order valence-electron chi connectivity index (χ0n) is 7.80. The summed E-state index contributed by atoms with van der Waals surface area (Å²) in [7, 11) is -3.18. The van der Waals surface area contributed by atoms with Gasteiger partial charge in [0.1, 0.15) is 5.25 Å². The molecule has 2 unspecified atom stereocenters. The Morgan fingerprint density at radius 3 is 2.64 bits per heavy atom. The van der Waals surface area contributed by atoms with E-state index in [4.69, 9.17) is 5.11 Å². The first-order chi connectivity index (χ1) is 6.32. The Bertz CT molecular complexity index is 373. The number of rotatable bonds is 3. The van der Waals surface area contributed by atoms with Crippen molar-refractivity contribution in [2.75, 3.05) is 12.0 Å². The van der Waals surface area contributed by atoms with Crippen LogP contribution in [0.5, 0.6) is 0 Å². The Balaban J connectivity index is 2.83. The van der Waals surface area contributed by atoms with Crippen LogP contribution in [0.2, 0.25) is 0 Å². The third kappa shape index (κ3) is 2.48. The second-order valence-electron chi connectivity index (χ2n) is 3.10. The van der Waals surface area contributed by atoms with Crippen LogP contribution in [0.1, 0.15) is 6.92 Å². The van der Waals surface area contributed by atoms with E-state index in [1.54, 1.807) is 0 Å². The fraction of sp³-hybridized carbons (Fsp3) is 0.714. The number of aliphatic carboxylic acids is 1. The Labute approximate surface area is 86.5 Å². The molecule has 0 saturated heterocycles. The predicted octanol–water partition coefficient (Wildman–Crippen LogP) is 0.0180. The van der Waals surface area contributed by atoms with Crippen LogP contribution in [0.25, 0.3) is 0 Å². The highest BCUT2D eigenvalue weighted by atomic mass is 32.2. The van der Waals surface area contributed by atoms with Crippen LogP contribution >= 0.6 is 11.8 Å². The van der Waals surface area contributed by atoms with Crippen LogP contribution in [-0.2, 0) is 14.6 Å². The topological polar surface area (TPSA) is 83.8 Å². The molecule has 1 aliphatic heterocycles. The molecule has 1 aliphatic rings. The van der Waals surface area contributed by atoms with Gasteiger partial charge in [-0.05, 0) is 6.92 Å². The summed E-state index contributed by atoms with van der Waals surface area (Å²) in [6, 6.07) is -0.792. The quantitative estimate of drug-likeness (QED) is 0.748. The molecule has 80 valence electrons. The minimum Gasteiger partial charge on any atom is -0.480 e. The van der Waals surface area contributed by atoms with Crippen LogP contribution < -0.4 is 0 Å². The highest BCUT2D eigenvalue weighted by molar-refractivity contribution is 8.15. The summed E-state index contributed by atoms with van der Waals surface area (Å²) in [6.45, 7) is 1.52. The third-order valence-corrected chi connectivity index (χ3v) is 4.84. The van der Waals surface area contributed by atoms with Crippen molar-refractivity contribution in [1.29, 1.82) is 0 Å². The molecule has 0 fully saturated rings. The van der Waals surface area contributed by atoms with Gasteiger partial charge in [-0.15, -0.1) is 11.8 Å². The number of aliphatic imine (C=N–C) groups is 1. The van der Waals surface area contributed by atoms with Crippen LogP contribution in [-0.4, -0.2) is 47.8 Å². The molecule has 0 aromatic heterocycles. The first-order valence-electron chi connectivity index (χ1n) is 3.94. The van der Waals surface area contributed by atoms with E-state index in [9.17, 15) is 13.2 Å². The molecule has 0 radical (unpaired) electrons. The first-order valence-corrected chi connectivity index (χ1v) is 6.88. The smallest absolute Gasteiger partial charge is 0.329 e. The molecule has 7 heteroatoms. The maximum atomic E-state index is 11.2. The fourth-order valence-corrected chi connectivity index (χ4v) is 3.06. The number of hydrogen-bond acceptors (Lipinski definition) is 5. The highest BCUT2D eigenvalue weighted by Crippen LogP contribution is 2.23. The summed E-state index contributed by atoms with van der Waals surface area (Å²) in [5.41, 5.74) is 0. The maximum Gasteiger partial charge on any atom is 0.329 e. The van der Waals surface area contributed by atoms with E-state index >= 15 is 0 Å². The molecule has 0 aromatic rings. The number of carbonyl (C=O) groups is 1. The molecular formula is C7H11NO4S2. The van der Waals surface area contributed by atoms with Gasteiger partial charge in [0.25, 0.3) is 0 Å². The fourth-order valence-electron chi connectivity index (χ4n) is 0.924. The van der Waals surface area contributed by atoms with E-state index < -0.39 is 27.1 Å². The van der Waals surface area contributed by atoms with E-state index in [0.717, 1.165) is 6.26 Å². The standard InChI is InChI=1S/C7H11NO4S2/c1-4(14(2,11)12)6-8-5(3-13-6)7(9)10/h4-5H,3H2,1-2H3,(H,9,10). The Hall–Kier alpha value is -0.560. The average molecular weight is 237 g/mol. The molecule has 14 heavy (non-hydrogen) atoms. The van der Waals surface area contributed by atoms with Crippen molar-refractivity contribution in [3.05, 3.63) is 0 Å². The predicted molar refractivity (Wildman–Crippen MR) is 55.6 cm³/mol. The lowest BCUT2D eigenvalue weighted by atomic mass is 10.3. The van der Waals surface area contributed by atoms with Crippen molar-refractivity contribution >= 4 is 32.6 Å². The second-order valence-corrected chi connectivity index (χ2v) is 6.51. The summed E-state index contributed by atoms with van der Waals surface area (Å²) in [6.07, 6.45) is 1.12. The van der Waals surface area contributed by atoms with Gasteiger partial charge in [-0.3, -0.25) is 4.99 Å². The molecule has 0 spiro atoms. The van der Waals surface area contributed by atoms with Gasteiger partial charge in [0.2, 0.25) is 0 Å². The minimum atomic E-state index is -3.18. The number of carboxylic acids is 1. The van der Waals surface area contributed by atoms with Gasteiger partial charge in [-0.1, -0.05) is 0 Å². The van der Waals surface area contributed by atoms with Crippen LogP contribution in [0, 0.1) is 0 Å². The van der Waals surface area contributed by atoms with Crippen molar-refractivity contribution in [2.24, 2.45) is 4.99 Å².